The van der Waals surface area contributed by atoms with Gasteiger partial charge in [0.15, 0.2) is 5.78 Å². The zero-order valence-electron chi connectivity index (χ0n) is 18.5. The van der Waals surface area contributed by atoms with Gasteiger partial charge in [-0.25, -0.2) is 4.98 Å². The molecule has 4 bridgehead atoms. The Morgan fingerprint density at radius 3 is 1.88 bits per heavy atom. The molecule has 2 fully saturated rings. The van der Waals surface area contributed by atoms with Gasteiger partial charge >= 0.3 is 0 Å². The van der Waals surface area contributed by atoms with Gasteiger partial charge in [0.05, 0.1) is 10.4 Å². The summed E-state index contributed by atoms with van der Waals surface area (Å²) in [5.41, 5.74) is 5.50. The highest BCUT2D eigenvalue weighted by molar-refractivity contribution is 7.09. The Bertz CT molecular complexity index is 1380. The molecule has 0 amide bonds. The van der Waals surface area contributed by atoms with Gasteiger partial charge in [-0.1, -0.05) is 103 Å². The molecule has 0 saturated heterocycles. The van der Waals surface area contributed by atoms with Crippen molar-refractivity contribution in [3.8, 4) is 0 Å². The highest BCUT2D eigenvalue weighted by Gasteiger charge is 2.80. The maximum Gasteiger partial charge on any atom is 0.170 e. The normalized spacial score (nSPS) is 28.1. The Morgan fingerprint density at radius 1 is 0.735 bits per heavy atom. The predicted molar refractivity (Wildman–Crippen MR) is 137 cm³/mol. The monoisotopic (exact) mass is 457 g/mol. The zero-order valence-corrected chi connectivity index (χ0v) is 19.4. The fourth-order valence-electron chi connectivity index (χ4n) is 6.75. The second-order valence-corrected chi connectivity index (χ2v) is 10.4. The first-order chi connectivity index (χ1) is 16.8. The summed E-state index contributed by atoms with van der Waals surface area (Å²) in [4.78, 5) is 19.0. The molecular weight excluding hydrogens is 434 g/mol. The van der Waals surface area contributed by atoms with Crippen molar-refractivity contribution in [1.29, 1.82) is 0 Å². The summed E-state index contributed by atoms with van der Waals surface area (Å²) in [7, 11) is 0. The summed E-state index contributed by atoms with van der Waals surface area (Å²) in [5.74, 6) is 0.950. The fourth-order valence-corrected chi connectivity index (χ4v) is 7.62. The van der Waals surface area contributed by atoms with Crippen LogP contribution >= 0.6 is 11.3 Å². The third-order valence-electron chi connectivity index (χ3n) is 7.97. The molecule has 4 aliphatic carbocycles. The number of allylic oxidation sites excluding steroid dienone is 3. The summed E-state index contributed by atoms with van der Waals surface area (Å²) in [6.45, 7) is 0. The molecule has 0 spiro atoms. The Morgan fingerprint density at radius 2 is 1.32 bits per heavy atom. The Labute approximate surface area is 203 Å². The van der Waals surface area contributed by atoms with Crippen LogP contribution in [-0.2, 0) is 0 Å². The average Bonchev–Trinajstić information content (AvgIpc) is 3.19. The Hall–Kier alpha value is -3.56. The number of thiazole rings is 1. The highest BCUT2D eigenvalue weighted by atomic mass is 32.1. The maximum absolute atomic E-state index is 14.3. The van der Waals surface area contributed by atoms with Gasteiger partial charge in [-0.3, -0.25) is 4.79 Å². The van der Waals surface area contributed by atoms with Crippen molar-refractivity contribution < 1.29 is 4.79 Å². The van der Waals surface area contributed by atoms with Crippen LogP contribution < -0.4 is 0 Å². The lowest BCUT2D eigenvalue weighted by Gasteiger charge is -2.32. The quantitative estimate of drug-likeness (QED) is 0.238. The summed E-state index contributed by atoms with van der Waals surface area (Å²) in [6, 6.07) is 31.2. The standard InChI is InChI=1S/C31H23NOS/c33-29(22-14-8-3-9-15-22)31-24-17-16-23(27(31)30-32-18-19-34-30)26(28(24)31)25(20-10-4-1-5-11-20)21-12-6-2-7-13-21/h1-19,23-24,27-28H/t23-,24+,27+,28+,31+/m1/s1. The first-order valence-electron chi connectivity index (χ1n) is 11.8. The van der Waals surface area contributed by atoms with Crippen LogP contribution in [0.2, 0.25) is 0 Å². The molecule has 2 saturated carbocycles. The molecule has 1 heterocycles. The van der Waals surface area contributed by atoms with Crippen LogP contribution in [-0.4, -0.2) is 10.8 Å². The molecule has 0 radical (unpaired) electrons. The van der Waals surface area contributed by atoms with Gasteiger partial charge in [0, 0.05) is 34.9 Å². The molecule has 4 aliphatic rings. The van der Waals surface area contributed by atoms with Crippen LogP contribution in [0.1, 0.15) is 32.4 Å². The predicted octanol–water partition coefficient (Wildman–Crippen LogP) is 7.04. The van der Waals surface area contributed by atoms with E-state index < -0.39 is 5.41 Å². The number of Topliss-reactive ketones (excluding diaryl/α,β-unsaturated/α-hetero) is 1. The third kappa shape index (κ3) is 2.62. The highest BCUT2D eigenvalue weighted by Crippen LogP contribution is 2.82. The Kier molecular flexibility index (Phi) is 4.37. The lowest BCUT2D eigenvalue weighted by Crippen LogP contribution is -2.30. The molecule has 3 aromatic carbocycles. The SMILES string of the molecule is O=C(c1ccccc1)[C@@]12[C@@H]3C(=C(c4ccccc4)c4ccccc4)[C@@H](C=C[C@@H]31)[C@H]2c1nccs1. The molecule has 2 nitrogen and oxygen atoms in total. The van der Waals surface area contributed by atoms with E-state index in [9.17, 15) is 4.79 Å². The number of nitrogens with zero attached hydrogens (tertiary/aromatic N) is 1. The van der Waals surface area contributed by atoms with Crippen LogP contribution in [0, 0.1) is 23.2 Å². The van der Waals surface area contributed by atoms with Gasteiger partial charge in [-0.05, 0) is 28.2 Å². The number of aromatic nitrogens is 1. The van der Waals surface area contributed by atoms with Crippen molar-refractivity contribution in [2.45, 2.75) is 5.92 Å². The molecule has 0 N–H and O–H groups in total. The van der Waals surface area contributed by atoms with Gasteiger partial charge in [-0.15, -0.1) is 11.3 Å². The minimum atomic E-state index is -0.442. The largest absolute Gasteiger partial charge is 0.293 e. The molecule has 1 aromatic heterocycles. The van der Waals surface area contributed by atoms with Crippen molar-refractivity contribution in [1.82, 2.24) is 4.98 Å². The minimum absolute atomic E-state index is 0.0811. The minimum Gasteiger partial charge on any atom is -0.293 e. The van der Waals surface area contributed by atoms with E-state index in [1.54, 1.807) is 11.3 Å². The number of ketones is 1. The van der Waals surface area contributed by atoms with E-state index in [-0.39, 0.29) is 29.5 Å². The number of benzene rings is 3. The van der Waals surface area contributed by atoms with Crippen molar-refractivity contribution in [3.63, 3.8) is 0 Å². The van der Waals surface area contributed by atoms with Gasteiger partial charge in [0.1, 0.15) is 0 Å². The summed E-state index contributed by atoms with van der Waals surface area (Å²) < 4.78 is 0. The molecular formula is C31H23NOS. The van der Waals surface area contributed by atoms with Gasteiger partial charge < -0.3 is 0 Å². The van der Waals surface area contributed by atoms with E-state index in [4.69, 9.17) is 4.98 Å². The molecule has 0 aliphatic heterocycles. The molecule has 164 valence electrons. The summed E-state index contributed by atoms with van der Waals surface area (Å²) >= 11 is 1.69. The van der Waals surface area contributed by atoms with Crippen molar-refractivity contribution >= 4 is 22.7 Å². The van der Waals surface area contributed by atoms with Crippen molar-refractivity contribution in [2.24, 2.45) is 23.2 Å². The van der Waals surface area contributed by atoms with Gasteiger partial charge in [0.25, 0.3) is 0 Å². The lowest BCUT2D eigenvalue weighted by molar-refractivity contribution is 0.0859. The topological polar surface area (TPSA) is 30.0 Å². The van der Waals surface area contributed by atoms with E-state index in [1.165, 1.54) is 22.3 Å². The van der Waals surface area contributed by atoms with Crippen LogP contribution in [0.3, 0.4) is 0 Å². The lowest BCUT2D eigenvalue weighted by atomic mass is 9.71. The fraction of sp³-hybridized carbons (Fsp3) is 0.161. The molecule has 8 rings (SSSR count). The first-order valence-corrected chi connectivity index (χ1v) is 12.7. The van der Waals surface area contributed by atoms with Gasteiger partial charge in [-0.2, -0.15) is 0 Å². The third-order valence-corrected chi connectivity index (χ3v) is 8.83. The Balaban J connectivity index is 1.50. The van der Waals surface area contributed by atoms with Crippen molar-refractivity contribution in [2.75, 3.05) is 0 Å². The maximum atomic E-state index is 14.3. The summed E-state index contributed by atoms with van der Waals surface area (Å²) in [6.07, 6.45) is 6.56. The van der Waals surface area contributed by atoms with E-state index in [2.05, 4.69) is 72.8 Å². The van der Waals surface area contributed by atoms with E-state index in [0.29, 0.717) is 0 Å². The molecule has 3 heteroatoms. The molecule has 4 aromatic rings. The number of carbonyl (C=O) groups is 1. The van der Waals surface area contributed by atoms with Crippen molar-refractivity contribution in [3.05, 3.63) is 142 Å². The molecule has 34 heavy (non-hydrogen) atoms. The zero-order chi connectivity index (χ0) is 22.7. The van der Waals surface area contributed by atoms with Crippen LogP contribution in [0.25, 0.3) is 5.57 Å². The molecule has 5 atom stereocenters. The smallest absolute Gasteiger partial charge is 0.170 e. The first kappa shape index (κ1) is 19.9. The molecule has 0 unspecified atom stereocenters. The van der Waals surface area contributed by atoms with E-state index in [0.717, 1.165) is 10.6 Å². The number of rotatable bonds is 5. The number of hydrogen-bond donors (Lipinski definition) is 0. The number of carbonyl (C=O) groups excluding carboxylic acids is 1. The average molecular weight is 458 g/mol. The summed E-state index contributed by atoms with van der Waals surface area (Å²) in [5, 5.41) is 3.13. The van der Waals surface area contributed by atoms with E-state index in [1.807, 2.05) is 41.9 Å². The van der Waals surface area contributed by atoms with Crippen LogP contribution in [0.5, 0.6) is 0 Å². The van der Waals surface area contributed by atoms with Crippen LogP contribution in [0.15, 0.2) is 120 Å². The van der Waals surface area contributed by atoms with E-state index >= 15 is 0 Å². The van der Waals surface area contributed by atoms with Gasteiger partial charge in [0.2, 0.25) is 0 Å². The second-order valence-electron chi connectivity index (χ2n) is 9.45. The number of hydrogen-bond acceptors (Lipinski definition) is 3. The van der Waals surface area contributed by atoms with Crippen LogP contribution in [0.4, 0.5) is 0 Å². The second kappa shape index (κ2) is 7.48.